The van der Waals surface area contributed by atoms with E-state index in [4.69, 9.17) is 4.74 Å². The third-order valence-corrected chi connectivity index (χ3v) is 3.39. The number of halogens is 3. The minimum absolute atomic E-state index is 0.337. The summed E-state index contributed by atoms with van der Waals surface area (Å²) < 4.78 is 44.1. The fraction of sp³-hybridized carbons (Fsp3) is 0.167. The molecule has 9 heteroatoms. The lowest BCUT2D eigenvalue weighted by Crippen LogP contribution is -2.40. The zero-order valence-electron chi connectivity index (χ0n) is 14.1. The van der Waals surface area contributed by atoms with Crippen LogP contribution in [0.2, 0.25) is 0 Å². The van der Waals surface area contributed by atoms with E-state index in [2.05, 4.69) is 5.32 Å². The normalized spacial score (nSPS) is 11.4. The molecule has 0 aliphatic rings. The zero-order chi connectivity index (χ0) is 20.0. The van der Waals surface area contributed by atoms with Gasteiger partial charge in [0.1, 0.15) is 6.04 Å². The number of nitrogens with one attached hydrogen (secondary N) is 2. The Morgan fingerprint density at radius 2 is 1.67 bits per heavy atom. The molecule has 0 aliphatic carbocycles. The number of ether oxygens (including phenoxy) is 1. The molecular formula is C18H15F3N2O4. The van der Waals surface area contributed by atoms with Crippen LogP contribution in [0.5, 0.6) is 0 Å². The van der Waals surface area contributed by atoms with E-state index in [1.807, 2.05) is 5.32 Å². The van der Waals surface area contributed by atoms with Crippen LogP contribution in [0, 0.1) is 17.5 Å². The first-order valence-electron chi connectivity index (χ1n) is 7.75. The molecule has 2 rings (SSSR count). The lowest BCUT2D eigenvalue weighted by atomic mass is 10.2. The summed E-state index contributed by atoms with van der Waals surface area (Å²) in [6.07, 6.45) is 0. The summed E-state index contributed by atoms with van der Waals surface area (Å²) in [6, 6.07) is 8.55. The SMILES string of the molecule is C[C@H](NC(=O)c1ccccc1)C(=O)OCC(=O)Nc1ccc(F)c(F)c1F. The minimum atomic E-state index is -1.73. The van der Waals surface area contributed by atoms with Gasteiger partial charge in [-0.05, 0) is 31.2 Å². The molecule has 0 spiro atoms. The van der Waals surface area contributed by atoms with Crippen LogP contribution < -0.4 is 10.6 Å². The molecule has 0 aromatic heterocycles. The van der Waals surface area contributed by atoms with Gasteiger partial charge in [0.25, 0.3) is 11.8 Å². The maximum atomic E-state index is 13.5. The summed E-state index contributed by atoms with van der Waals surface area (Å²) in [4.78, 5) is 35.4. The first kappa shape index (κ1) is 20.0. The first-order chi connectivity index (χ1) is 12.8. The molecule has 2 aromatic rings. The molecule has 0 saturated heterocycles. The van der Waals surface area contributed by atoms with E-state index in [9.17, 15) is 27.6 Å². The molecule has 0 radical (unpaired) electrons. The number of amides is 2. The molecule has 1 atom stereocenters. The third kappa shape index (κ3) is 5.30. The van der Waals surface area contributed by atoms with Gasteiger partial charge < -0.3 is 15.4 Å². The van der Waals surface area contributed by atoms with Crippen molar-refractivity contribution in [2.75, 3.05) is 11.9 Å². The zero-order valence-corrected chi connectivity index (χ0v) is 14.1. The summed E-state index contributed by atoms with van der Waals surface area (Å²) in [5.74, 6) is -7.08. The van der Waals surface area contributed by atoms with E-state index in [0.29, 0.717) is 11.6 Å². The number of benzene rings is 2. The van der Waals surface area contributed by atoms with Crippen LogP contribution >= 0.6 is 0 Å². The Labute approximate surface area is 152 Å². The minimum Gasteiger partial charge on any atom is -0.454 e. The van der Waals surface area contributed by atoms with E-state index in [0.717, 1.165) is 6.07 Å². The highest BCUT2D eigenvalue weighted by Crippen LogP contribution is 2.19. The topological polar surface area (TPSA) is 84.5 Å². The van der Waals surface area contributed by atoms with E-state index in [1.54, 1.807) is 30.3 Å². The summed E-state index contributed by atoms with van der Waals surface area (Å²) in [5, 5.41) is 4.35. The summed E-state index contributed by atoms with van der Waals surface area (Å²) in [5.41, 5.74) is -0.260. The molecule has 0 saturated carbocycles. The highest BCUT2D eigenvalue weighted by Gasteiger charge is 2.20. The van der Waals surface area contributed by atoms with Gasteiger partial charge in [-0.25, -0.2) is 18.0 Å². The fourth-order valence-corrected chi connectivity index (χ4v) is 2.00. The Bertz CT molecular complexity index is 859. The van der Waals surface area contributed by atoms with Crippen LogP contribution in [0.1, 0.15) is 17.3 Å². The molecule has 2 amide bonds. The molecule has 6 nitrogen and oxygen atoms in total. The van der Waals surface area contributed by atoms with Crippen LogP contribution in [0.4, 0.5) is 18.9 Å². The number of hydrogen-bond acceptors (Lipinski definition) is 4. The Kier molecular flexibility index (Phi) is 6.53. The van der Waals surface area contributed by atoms with Crippen molar-refractivity contribution in [1.29, 1.82) is 0 Å². The molecule has 0 heterocycles. The van der Waals surface area contributed by atoms with Crippen molar-refractivity contribution >= 4 is 23.5 Å². The molecule has 0 unspecified atom stereocenters. The number of carbonyl (C=O) groups excluding carboxylic acids is 3. The first-order valence-corrected chi connectivity index (χ1v) is 7.75. The number of esters is 1. The second-order valence-electron chi connectivity index (χ2n) is 5.44. The van der Waals surface area contributed by atoms with Crippen LogP contribution in [0.3, 0.4) is 0 Å². The van der Waals surface area contributed by atoms with Gasteiger partial charge in [-0.3, -0.25) is 9.59 Å². The Morgan fingerprint density at radius 3 is 2.33 bits per heavy atom. The molecule has 27 heavy (non-hydrogen) atoms. The number of hydrogen-bond donors (Lipinski definition) is 2. The second kappa shape index (κ2) is 8.84. The van der Waals surface area contributed by atoms with E-state index >= 15 is 0 Å². The summed E-state index contributed by atoms with van der Waals surface area (Å²) in [6.45, 7) is 0.554. The molecule has 2 aromatic carbocycles. The van der Waals surface area contributed by atoms with E-state index in [-0.39, 0.29) is 0 Å². The van der Waals surface area contributed by atoms with Gasteiger partial charge in [0.05, 0.1) is 5.69 Å². The Balaban J connectivity index is 1.85. The second-order valence-corrected chi connectivity index (χ2v) is 5.44. The molecular weight excluding hydrogens is 365 g/mol. The van der Waals surface area contributed by atoms with Crippen molar-refractivity contribution in [3.63, 3.8) is 0 Å². The molecule has 0 fully saturated rings. The Morgan fingerprint density at radius 1 is 1.00 bits per heavy atom. The number of carbonyl (C=O) groups is 3. The number of anilines is 1. The van der Waals surface area contributed by atoms with Crippen molar-refractivity contribution < 1.29 is 32.3 Å². The highest BCUT2D eigenvalue weighted by atomic mass is 19.2. The average molecular weight is 380 g/mol. The quantitative estimate of drug-likeness (QED) is 0.595. The number of rotatable bonds is 6. The standard InChI is InChI=1S/C18H15F3N2O4/c1-10(22-17(25)11-5-3-2-4-6-11)18(26)27-9-14(24)23-13-8-7-12(19)15(20)16(13)21/h2-8,10H,9H2,1H3,(H,22,25)(H,23,24)/t10-/m0/s1. The summed E-state index contributed by atoms with van der Waals surface area (Å²) >= 11 is 0. The van der Waals surface area contributed by atoms with Gasteiger partial charge >= 0.3 is 5.97 Å². The van der Waals surface area contributed by atoms with Crippen molar-refractivity contribution in [2.24, 2.45) is 0 Å². The predicted octanol–water partition coefficient (Wildman–Crippen LogP) is 2.40. The maximum absolute atomic E-state index is 13.5. The van der Waals surface area contributed by atoms with Crippen LogP contribution in [0.15, 0.2) is 42.5 Å². The average Bonchev–Trinajstić information content (AvgIpc) is 2.67. The van der Waals surface area contributed by atoms with Gasteiger partial charge in [0.2, 0.25) is 0 Å². The molecule has 2 N–H and O–H groups in total. The van der Waals surface area contributed by atoms with Crippen LogP contribution in [-0.2, 0) is 14.3 Å². The lowest BCUT2D eigenvalue weighted by molar-refractivity contribution is -0.148. The van der Waals surface area contributed by atoms with E-state index in [1.165, 1.54) is 6.92 Å². The largest absolute Gasteiger partial charge is 0.454 e. The lowest BCUT2D eigenvalue weighted by Gasteiger charge is -2.13. The van der Waals surface area contributed by atoms with Gasteiger partial charge in [-0.15, -0.1) is 0 Å². The van der Waals surface area contributed by atoms with Crippen molar-refractivity contribution in [2.45, 2.75) is 13.0 Å². The van der Waals surface area contributed by atoms with Gasteiger partial charge in [-0.2, -0.15) is 0 Å². The molecule has 0 bridgehead atoms. The van der Waals surface area contributed by atoms with E-state index < -0.39 is 53.6 Å². The predicted molar refractivity (Wildman–Crippen MR) is 89.3 cm³/mol. The monoisotopic (exact) mass is 380 g/mol. The van der Waals surface area contributed by atoms with Crippen molar-refractivity contribution in [3.8, 4) is 0 Å². The third-order valence-electron chi connectivity index (χ3n) is 3.39. The molecule has 0 aliphatic heterocycles. The van der Waals surface area contributed by atoms with Gasteiger partial charge in [0.15, 0.2) is 24.1 Å². The highest BCUT2D eigenvalue weighted by molar-refractivity contribution is 5.97. The summed E-state index contributed by atoms with van der Waals surface area (Å²) in [7, 11) is 0. The van der Waals surface area contributed by atoms with Gasteiger partial charge in [-0.1, -0.05) is 18.2 Å². The fourth-order valence-electron chi connectivity index (χ4n) is 2.00. The van der Waals surface area contributed by atoms with Gasteiger partial charge in [0, 0.05) is 5.56 Å². The molecule has 142 valence electrons. The maximum Gasteiger partial charge on any atom is 0.328 e. The van der Waals surface area contributed by atoms with Crippen LogP contribution in [-0.4, -0.2) is 30.4 Å². The van der Waals surface area contributed by atoms with Crippen LogP contribution in [0.25, 0.3) is 0 Å². The Hall–Kier alpha value is -3.36. The smallest absolute Gasteiger partial charge is 0.328 e. The van der Waals surface area contributed by atoms with Crippen molar-refractivity contribution in [1.82, 2.24) is 5.32 Å². The van der Waals surface area contributed by atoms with Crippen molar-refractivity contribution in [3.05, 3.63) is 65.5 Å².